The molecule has 0 spiro atoms. The first kappa shape index (κ1) is 25.7. The van der Waals surface area contributed by atoms with E-state index in [1.54, 1.807) is 19.6 Å². The fourth-order valence-corrected chi connectivity index (χ4v) is 2.64. The minimum atomic E-state index is -0.534. The summed E-state index contributed by atoms with van der Waals surface area (Å²) in [4.78, 5) is 20.4. The van der Waals surface area contributed by atoms with Crippen LogP contribution in [0.3, 0.4) is 0 Å². The van der Waals surface area contributed by atoms with Gasteiger partial charge in [-0.25, -0.2) is 9.78 Å². The minimum Gasteiger partial charge on any atom is -0.444 e. The SMILES string of the molecule is CN=C(NCc1ccccc1-n1ccnc1)NCC(C)(C)NC(=O)OC(C)(C)C.I. The molecular formula is C21H33IN6O2. The predicted molar refractivity (Wildman–Crippen MR) is 131 cm³/mol. The van der Waals surface area contributed by atoms with Gasteiger partial charge in [-0.3, -0.25) is 4.99 Å². The average molecular weight is 528 g/mol. The van der Waals surface area contributed by atoms with E-state index in [4.69, 9.17) is 4.74 Å². The molecule has 166 valence electrons. The van der Waals surface area contributed by atoms with Crippen molar-refractivity contribution in [3.05, 3.63) is 48.5 Å². The number of imidazole rings is 1. The number of carbonyl (C=O) groups is 1. The first-order valence-corrected chi connectivity index (χ1v) is 9.61. The van der Waals surface area contributed by atoms with Crippen LogP contribution in [-0.2, 0) is 11.3 Å². The normalized spacial score (nSPS) is 12.0. The van der Waals surface area contributed by atoms with E-state index >= 15 is 0 Å². The van der Waals surface area contributed by atoms with Crippen molar-refractivity contribution in [3.8, 4) is 5.69 Å². The van der Waals surface area contributed by atoms with E-state index in [1.807, 2.05) is 63.6 Å². The van der Waals surface area contributed by atoms with E-state index in [1.165, 1.54) is 0 Å². The number of aliphatic imine (C=N–C) groups is 1. The number of amides is 1. The van der Waals surface area contributed by atoms with Crippen molar-refractivity contribution in [2.45, 2.75) is 52.3 Å². The van der Waals surface area contributed by atoms with Crippen molar-refractivity contribution < 1.29 is 9.53 Å². The van der Waals surface area contributed by atoms with E-state index in [0.717, 1.165) is 11.3 Å². The van der Waals surface area contributed by atoms with Gasteiger partial charge in [0.1, 0.15) is 5.60 Å². The van der Waals surface area contributed by atoms with Crippen LogP contribution in [0.4, 0.5) is 4.79 Å². The molecule has 30 heavy (non-hydrogen) atoms. The molecule has 0 radical (unpaired) electrons. The summed E-state index contributed by atoms with van der Waals surface area (Å²) in [7, 11) is 1.71. The van der Waals surface area contributed by atoms with Gasteiger partial charge in [0.25, 0.3) is 0 Å². The Morgan fingerprint density at radius 3 is 2.47 bits per heavy atom. The molecule has 0 aliphatic heterocycles. The Kier molecular flexibility index (Phi) is 9.60. The van der Waals surface area contributed by atoms with Gasteiger partial charge in [-0.1, -0.05) is 18.2 Å². The van der Waals surface area contributed by atoms with E-state index in [2.05, 4.69) is 32.0 Å². The molecule has 2 rings (SSSR count). The monoisotopic (exact) mass is 528 g/mol. The van der Waals surface area contributed by atoms with Gasteiger partial charge in [0, 0.05) is 32.5 Å². The van der Waals surface area contributed by atoms with E-state index in [9.17, 15) is 4.79 Å². The highest BCUT2D eigenvalue weighted by Gasteiger charge is 2.24. The molecule has 0 unspecified atom stereocenters. The molecule has 1 heterocycles. The molecule has 9 heteroatoms. The van der Waals surface area contributed by atoms with Crippen LogP contribution >= 0.6 is 24.0 Å². The molecule has 0 saturated carbocycles. The number of nitrogens with zero attached hydrogens (tertiary/aromatic N) is 3. The third kappa shape index (κ3) is 8.60. The van der Waals surface area contributed by atoms with Crippen LogP contribution < -0.4 is 16.0 Å². The summed E-state index contributed by atoms with van der Waals surface area (Å²) in [5.74, 6) is 0.643. The van der Waals surface area contributed by atoms with Gasteiger partial charge in [0.15, 0.2) is 5.96 Å². The number of ether oxygens (including phenoxy) is 1. The standard InChI is InChI=1S/C21H32N6O2.HI/c1-20(2,3)29-19(28)26-21(4,5)14-25-18(22-6)24-13-16-9-7-8-10-17(16)27-12-11-23-15-27;/h7-12,15H,13-14H2,1-6H3,(H,26,28)(H2,22,24,25);1H. The maximum atomic E-state index is 12.0. The lowest BCUT2D eigenvalue weighted by molar-refractivity contribution is 0.0474. The number of carbonyl (C=O) groups excluding carboxylic acids is 1. The maximum Gasteiger partial charge on any atom is 0.408 e. The first-order chi connectivity index (χ1) is 13.6. The largest absolute Gasteiger partial charge is 0.444 e. The van der Waals surface area contributed by atoms with Gasteiger partial charge in [-0.15, -0.1) is 24.0 Å². The Labute approximate surface area is 195 Å². The first-order valence-electron chi connectivity index (χ1n) is 9.61. The molecule has 8 nitrogen and oxygen atoms in total. The summed E-state index contributed by atoms with van der Waals surface area (Å²) < 4.78 is 7.30. The smallest absolute Gasteiger partial charge is 0.408 e. The topological polar surface area (TPSA) is 92.6 Å². The van der Waals surface area contributed by atoms with E-state index in [-0.39, 0.29) is 24.0 Å². The van der Waals surface area contributed by atoms with Gasteiger partial charge in [0.2, 0.25) is 0 Å². The lowest BCUT2D eigenvalue weighted by atomic mass is 10.1. The quantitative estimate of drug-likeness (QED) is 0.304. The van der Waals surface area contributed by atoms with Crippen LogP contribution in [0.1, 0.15) is 40.2 Å². The summed E-state index contributed by atoms with van der Waals surface area (Å²) in [5, 5.41) is 9.44. The molecule has 0 aliphatic carbocycles. The van der Waals surface area contributed by atoms with Crippen LogP contribution in [-0.4, -0.2) is 46.3 Å². The number of guanidine groups is 1. The molecule has 1 aromatic carbocycles. The lowest BCUT2D eigenvalue weighted by Crippen LogP contribution is -2.54. The highest BCUT2D eigenvalue weighted by molar-refractivity contribution is 14.0. The second-order valence-corrected chi connectivity index (χ2v) is 8.39. The lowest BCUT2D eigenvalue weighted by Gasteiger charge is -2.29. The number of rotatable bonds is 6. The molecule has 0 fully saturated rings. The second-order valence-electron chi connectivity index (χ2n) is 8.39. The number of halogens is 1. The number of hydrogen-bond donors (Lipinski definition) is 3. The zero-order valence-corrected chi connectivity index (χ0v) is 20.9. The molecule has 1 amide bonds. The third-order valence-corrected chi connectivity index (χ3v) is 3.98. The fourth-order valence-electron chi connectivity index (χ4n) is 2.64. The van der Waals surface area contributed by atoms with Crippen LogP contribution in [0, 0.1) is 0 Å². The summed E-state index contributed by atoms with van der Waals surface area (Å²) >= 11 is 0. The Morgan fingerprint density at radius 2 is 1.87 bits per heavy atom. The van der Waals surface area contributed by atoms with E-state index in [0.29, 0.717) is 19.0 Å². The van der Waals surface area contributed by atoms with Crippen molar-refractivity contribution in [2.24, 2.45) is 4.99 Å². The highest BCUT2D eigenvalue weighted by Crippen LogP contribution is 2.14. The molecular weight excluding hydrogens is 495 g/mol. The number of hydrogen-bond acceptors (Lipinski definition) is 4. The second kappa shape index (κ2) is 11.2. The summed E-state index contributed by atoms with van der Waals surface area (Å²) in [6, 6.07) is 8.10. The summed E-state index contributed by atoms with van der Waals surface area (Å²) in [6.07, 6.45) is 5.00. The number of benzene rings is 1. The molecule has 0 atom stereocenters. The summed E-state index contributed by atoms with van der Waals surface area (Å²) in [5.41, 5.74) is 1.11. The van der Waals surface area contributed by atoms with Crippen LogP contribution in [0.25, 0.3) is 5.69 Å². The summed E-state index contributed by atoms with van der Waals surface area (Å²) in [6.45, 7) is 10.4. The van der Waals surface area contributed by atoms with Gasteiger partial charge >= 0.3 is 6.09 Å². The van der Waals surface area contributed by atoms with Crippen molar-refractivity contribution >= 4 is 36.0 Å². The Hall–Kier alpha value is -2.30. The third-order valence-electron chi connectivity index (χ3n) is 3.98. The van der Waals surface area contributed by atoms with Gasteiger partial charge < -0.3 is 25.3 Å². The predicted octanol–water partition coefficient (Wildman–Crippen LogP) is 3.46. The molecule has 3 N–H and O–H groups in total. The fraction of sp³-hybridized carbons (Fsp3) is 0.476. The van der Waals surface area contributed by atoms with Crippen molar-refractivity contribution in [3.63, 3.8) is 0 Å². The minimum absolute atomic E-state index is 0. The molecule has 0 aliphatic rings. The molecule has 2 aromatic rings. The average Bonchev–Trinajstić information content (AvgIpc) is 3.14. The van der Waals surface area contributed by atoms with Crippen molar-refractivity contribution in [1.29, 1.82) is 0 Å². The van der Waals surface area contributed by atoms with Gasteiger partial charge in [0.05, 0.1) is 17.6 Å². The van der Waals surface area contributed by atoms with E-state index < -0.39 is 17.2 Å². The number of para-hydroxylation sites is 1. The number of alkyl carbamates (subject to hydrolysis) is 1. The molecule has 1 aromatic heterocycles. The zero-order chi connectivity index (χ0) is 21.5. The van der Waals surface area contributed by atoms with Crippen LogP contribution in [0.5, 0.6) is 0 Å². The van der Waals surface area contributed by atoms with Gasteiger partial charge in [-0.05, 0) is 46.2 Å². The molecule has 0 saturated heterocycles. The number of aromatic nitrogens is 2. The Bertz CT molecular complexity index is 828. The maximum absolute atomic E-state index is 12.0. The van der Waals surface area contributed by atoms with Crippen molar-refractivity contribution in [2.75, 3.05) is 13.6 Å². The van der Waals surface area contributed by atoms with Gasteiger partial charge in [-0.2, -0.15) is 0 Å². The Balaban J connectivity index is 0.00000450. The van der Waals surface area contributed by atoms with Crippen molar-refractivity contribution in [1.82, 2.24) is 25.5 Å². The number of nitrogens with one attached hydrogen (secondary N) is 3. The molecule has 0 bridgehead atoms. The van der Waals surface area contributed by atoms with Crippen LogP contribution in [0.15, 0.2) is 48.0 Å². The van der Waals surface area contributed by atoms with Crippen LogP contribution in [0.2, 0.25) is 0 Å². The highest BCUT2D eigenvalue weighted by atomic mass is 127. The Morgan fingerprint density at radius 1 is 1.17 bits per heavy atom. The zero-order valence-electron chi connectivity index (χ0n) is 18.5.